The second-order valence-electron chi connectivity index (χ2n) is 7.59. The smallest absolute Gasteiger partial charge is 0.118 e. The van der Waals surface area contributed by atoms with Crippen LogP contribution in [0, 0.1) is 0 Å². The van der Waals surface area contributed by atoms with Crippen LogP contribution in [0.2, 0.25) is 0 Å². The van der Waals surface area contributed by atoms with Crippen molar-refractivity contribution >= 4 is 0 Å². The minimum Gasteiger partial charge on any atom is -0.497 e. The third-order valence-electron chi connectivity index (χ3n) is 5.24. The fourth-order valence-corrected chi connectivity index (χ4v) is 3.44. The van der Waals surface area contributed by atoms with Crippen LogP contribution in [0.4, 0.5) is 0 Å². The first kappa shape index (κ1) is 23.0. The van der Waals surface area contributed by atoms with Gasteiger partial charge in [-0.3, -0.25) is 0 Å². The Bertz CT molecular complexity index is 434. The molecule has 0 aliphatic carbocycles. The monoisotopic (exact) mass is 363 g/mol. The van der Waals surface area contributed by atoms with E-state index in [4.69, 9.17) is 4.74 Å². The average Bonchev–Trinajstić information content (AvgIpc) is 2.65. The highest BCUT2D eigenvalue weighted by atomic mass is 16.5. The molecule has 0 amide bonds. The topological polar surface area (TPSA) is 41.5 Å². The average molecular weight is 364 g/mol. The highest BCUT2D eigenvalue weighted by Crippen LogP contribution is 2.25. The summed E-state index contributed by atoms with van der Waals surface area (Å²) in [4.78, 5) is 0. The Kier molecular flexibility index (Phi) is 12.4. The Morgan fingerprint density at radius 1 is 0.846 bits per heavy atom. The maximum atomic E-state index is 11.0. The maximum absolute atomic E-state index is 11.0. The lowest BCUT2D eigenvalue weighted by Gasteiger charge is -2.28. The third-order valence-corrected chi connectivity index (χ3v) is 5.24. The largest absolute Gasteiger partial charge is 0.497 e. The summed E-state index contributed by atoms with van der Waals surface area (Å²) in [5.41, 5.74) is 0.885. The molecule has 3 nitrogen and oxygen atoms in total. The molecule has 1 aromatic rings. The van der Waals surface area contributed by atoms with Crippen molar-refractivity contribution in [3.05, 3.63) is 29.8 Å². The van der Waals surface area contributed by atoms with Crippen molar-refractivity contribution in [3.8, 4) is 5.75 Å². The summed E-state index contributed by atoms with van der Waals surface area (Å²) in [5, 5.41) is 14.5. The number of methoxy groups -OCH3 is 1. The zero-order valence-corrected chi connectivity index (χ0v) is 17.4. The number of nitrogens with one attached hydrogen (secondary N) is 1. The Hall–Kier alpha value is -1.06. The van der Waals surface area contributed by atoms with Crippen molar-refractivity contribution in [2.45, 2.75) is 90.1 Å². The van der Waals surface area contributed by atoms with E-state index in [9.17, 15) is 5.11 Å². The second kappa shape index (κ2) is 14.1. The SMILES string of the molecule is CCCCCC(O)(CCCCC)CCNCCCc1ccc(OC)cc1. The molecule has 0 atom stereocenters. The summed E-state index contributed by atoms with van der Waals surface area (Å²) in [7, 11) is 1.70. The normalized spacial score (nSPS) is 11.7. The third kappa shape index (κ3) is 10.2. The van der Waals surface area contributed by atoms with Gasteiger partial charge in [-0.15, -0.1) is 0 Å². The maximum Gasteiger partial charge on any atom is 0.118 e. The van der Waals surface area contributed by atoms with Gasteiger partial charge in [-0.2, -0.15) is 0 Å². The van der Waals surface area contributed by atoms with Gasteiger partial charge in [0.2, 0.25) is 0 Å². The van der Waals surface area contributed by atoms with Gasteiger partial charge in [0.25, 0.3) is 0 Å². The first-order valence-corrected chi connectivity index (χ1v) is 10.7. The van der Waals surface area contributed by atoms with Crippen molar-refractivity contribution in [3.63, 3.8) is 0 Å². The Morgan fingerprint density at radius 2 is 1.46 bits per heavy atom. The van der Waals surface area contributed by atoms with Crippen LogP contribution in [-0.4, -0.2) is 30.9 Å². The number of rotatable bonds is 16. The molecule has 3 heteroatoms. The summed E-state index contributed by atoms with van der Waals surface area (Å²) in [6.07, 6.45) is 12.2. The van der Waals surface area contributed by atoms with Gasteiger partial charge in [-0.1, -0.05) is 64.5 Å². The van der Waals surface area contributed by atoms with Crippen LogP contribution in [0.1, 0.15) is 83.6 Å². The number of hydrogen-bond donors (Lipinski definition) is 2. The predicted molar refractivity (Wildman–Crippen MR) is 112 cm³/mol. The zero-order chi connectivity index (χ0) is 19.1. The van der Waals surface area contributed by atoms with Gasteiger partial charge in [0.1, 0.15) is 5.75 Å². The summed E-state index contributed by atoms with van der Waals surface area (Å²) < 4.78 is 5.19. The van der Waals surface area contributed by atoms with E-state index in [0.29, 0.717) is 0 Å². The Balaban J connectivity index is 2.22. The molecule has 0 fully saturated rings. The molecule has 0 radical (unpaired) electrons. The molecule has 150 valence electrons. The first-order valence-electron chi connectivity index (χ1n) is 10.7. The minimum absolute atomic E-state index is 0.465. The molecule has 0 aromatic heterocycles. The highest BCUT2D eigenvalue weighted by Gasteiger charge is 2.24. The van der Waals surface area contributed by atoms with E-state index >= 15 is 0 Å². The minimum atomic E-state index is -0.465. The molecule has 0 bridgehead atoms. The van der Waals surface area contributed by atoms with Crippen LogP contribution in [0.3, 0.4) is 0 Å². The van der Waals surface area contributed by atoms with Crippen LogP contribution < -0.4 is 10.1 Å². The van der Waals surface area contributed by atoms with E-state index in [-0.39, 0.29) is 0 Å². The van der Waals surface area contributed by atoms with Gasteiger partial charge in [-0.25, -0.2) is 0 Å². The van der Waals surface area contributed by atoms with Gasteiger partial charge >= 0.3 is 0 Å². The number of ether oxygens (including phenoxy) is 1. The van der Waals surface area contributed by atoms with Crippen LogP contribution in [0.5, 0.6) is 5.75 Å². The molecule has 0 unspecified atom stereocenters. The lowest BCUT2D eigenvalue weighted by atomic mass is 9.87. The Morgan fingerprint density at radius 3 is 2.00 bits per heavy atom. The molecule has 0 aliphatic heterocycles. The molecule has 2 N–H and O–H groups in total. The van der Waals surface area contributed by atoms with Gasteiger partial charge in [0.15, 0.2) is 0 Å². The number of hydrogen-bond acceptors (Lipinski definition) is 3. The zero-order valence-electron chi connectivity index (χ0n) is 17.4. The van der Waals surface area contributed by atoms with Gasteiger partial charge < -0.3 is 15.2 Å². The molecule has 0 saturated carbocycles. The van der Waals surface area contributed by atoms with Crippen LogP contribution in [0.25, 0.3) is 0 Å². The molecule has 0 spiro atoms. The molecule has 1 rings (SSSR count). The van der Waals surface area contributed by atoms with E-state index in [1.165, 1.54) is 31.2 Å². The molecule has 0 heterocycles. The lowest BCUT2D eigenvalue weighted by Crippen LogP contribution is -2.33. The van der Waals surface area contributed by atoms with Crippen molar-refractivity contribution in [1.82, 2.24) is 5.32 Å². The summed E-state index contributed by atoms with van der Waals surface area (Å²) in [6.45, 7) is 6.37. The van der Waals surface area contributed by atoms with E-state index in [1.54, 1.807) is 7.11 Å². The molecular formula is C23H41NO2. The fourth-order valence-electron chi connectivity index (χ4n) is 3.44. The summed E-state index contributed by atoms with van der Waals surface area (Å²) in [5.74, 6) is 0.914. The summed E-state index contributed by atoms with van der Waals surface area (Å²) >= 11 is 0. The molecule has 0 aliphatic rings. The predicted octanol–water partition coefficient (Wildman–Crippen LogP) is 5.50. The van der Waals surface area contributed by atoms with Gasteiger partial charge in [0.05, 0.1) is 12.7 Å². The van der Waals surface area contributed by atoms with Crippen molar-refractivity contribution in [2.24, 2.45) is 0 Å². The first-order chi connectivity index (χ1) is 12.6. The van der Waals surface area contributed by atoms with Crippen LogP contribution in [0.15, 0.2) is 24.3 Å². The van der Waals surface area contributed by atoms with E-state index in [1.807, 2.05) is 12.1 Å². The quantitative estimate of drug-likeness (QED) is 0.381. The molecule has 26 heavy (non-hydrogen) atoms. The van der Waals surface area contributed by atoms with Crippen LogP contribution in [-0.2, 0) is 6.42 Å². The van der Waals surface area contributed by atoms with Crippen molar-refractivity contribution < 1.29 is 9.84 Å². The molecule has 1 aromatic carbocycles. The van der Waals surface area contributed by atoms with E-state index in [2.05, 4.69) is 31.3 Å². The Labute approximate surface area is 161 Å². The van der Waals surface area contributed by atoms with E-state index < -0.39 is 5.60 Å². The van der Waals surface area contributed by atoms with Gasteiger partial charge in [-0.05, 0) is 62.9 Å². The second-order valence-corrected chi connectivity index (χ2v) is 7.59. The van der Waals surface area contributed by atoms with Crippen molar-refractivity contribution in [1.29, 1.82) is 0 Å². The van der Waals surface area contributed by atoms with Crippen molar-refractivity contribution in [2.75, 3.05) is 20.2 Å². The molecule has 0 saturated heterocycles. The lowest BCUT2D eigenvalue weighted by molar-refractivity contribution is 0.0101. The molecular weight excluding hydrogens is 322 g/mol. The van der Waals surface area contributed by atoms with Crippen LogP contribution >= 0.6 is 0 Å². The van der Waals surface area contributed by atoms with Gasteiger partial charge in [0, 0.05) is 0 Å². The highest BCUT2D eigenvalue weighted by molar-refractivity contribution is 5.27. The summed E-state index contributed by atoms with van der Waals surface area (Å²) in [6, 6.07) is 8.32. The van der Waals surface area contributed by atoms with E-state index in [0.717, 1.165) is 63.8 Å². The number of aryl methyl sites for hydroxylation is 1. The number of unbranched alkanes of at least 4 members (excludes halogenated alkanes) is 4. The number of aliphatic hydroxyl groups is 1. The fraction of sp³-hybridized carbons (Fsp3) is 0.739. The standard InChI is InChI=1S/C23H41NO2/c1-4-6-8-16-23(25,17-9-7-5-2)18-20-24-19-10-11-21-12-14-22(26-3)15-13-21/h12-15,24-25H,4-11,16-20H2,1-3H3. The number of benzene rings is 1.